The second kappa shape index (κ2) is 4.91. The summed E-state index contributed by atoms with van der Waals surface area (Å²) in [7, 11) is 1.50. The van der Waals surface area contributed by atoms with Crippen molar-refractivity contribution in [1.82, 2.24) is 4.98 Å². The molecule has 0 aliphatic rings. The normalized spacial score (nSPS) is 10.2. The zero-order valence-corrected chi connectivity index (χ0v) is 10.1. The topological polar surface area (TPSA) is 57.4 Å². The van der Waals surface area contributed by atoms with Gasteiger partial charge in [0.05, 0.1) is 7.11 Å². The van der Waals surface area contributed by atoms with Crippen LogP contribution in [0.5, 0.6) is 17.5 Å². The molecule has 0 spiro atoms. The average Bonchev–Trinajstić information content (AvgIpc) is 2.36. The monoisotopic (exact) mass is 248 g/mol. The van der Waals surface area contributed by atoms with E-state index in [1.165, 1.54) is 19.2 Å². The van der Waals surface area contributed by atoms with Crippen molar-refractivity contribution in [2.24, 2.45) is 0 Å². The molecule has 1 heterocycles. The Morgan fingerprint density at radius 1 is 1.22 bits per heavy atom. The number of halogens is 1. The fourth-order valence-corrected chi connectivity index (χ4v) is 1.43. The van der Waals surface area contributed by atoms with Gasteiger partial charge < -0.3 is 15.2 Å². The molecule has 0 aliphatic heterocycles. The van der Waals surface area contributed by atoms with Crippen molar-refractivity contribution in [2.75, 3.05) is 12.8 Å². The molecule has 0 unspecified atom stereocenters. The molecule has 18 heavy (non-hydrogen) atoms. The number of nitrogens with two attached hydrogens (primary N) is 1. The van der Waals surface area contributed by atoms with Gasteiger partial charge in [0, 0.05) is 23.9 Å². The molecule has 0 radical (unpaired) electrons. The van der Waals surface area contributed by atoms with Gasteiger partial charge in [-0.15, -0.1) is 0 Å². The van der Waals surface area contributed by atoms with Gasteiger partial charge >= 0.3 is 0 Å². The molecular weight excluding hydrogens is 235 g/mol. The van der Waals surface area contributed by atoms with E-state index in [0.29, 0.717) is 11.6 Å². The summed E-state index contributed by atoms with van der Waals surface area (Å²) in [5.41, 5.74) is 6.73. The smallest absolute Gasteiger partial charge is 0.222 e. The van der Waals surface area contributed by atoms with E-state index in [4.69, 9.17) is 15.2 Å². The number of rotatable bonds is 3. The highest BCUT2D eigenvalue weighted by atomic mass is 19.1. The molecule has 2 rings (SSSR count). The van der Waals surface area contributed by atoms with Crippen LogP contribution >= 0.6 is 0 Å². The van der Waals surface area contributed by atoms with Crippen LogP contribution in [0, 0.1) is 12.7 Å². The first-order valence-electron chi connectivity index (χ1n) is 5.34. The lowest BCUT2D eigenvalue weighted by atomic mass is 10.2. The maximum atomic E-state index is 13.6. The van der Waals surface area contributed by atoms with Gasteiger partial charge in [-0.3, -0.25) is 0 Å². The van der Waals surface area contributed by atoms with E-state index >= 15 is 0 Å². The van der Waals surface area contributed by atoms with E-state index in [9.17, 15) is 4.39 Å². The largest absolute Gasteiger partial charge is 0.481 e. The molecule has 2 N–H and O–H groups in total. The minimum Gasteiger partial charge on any atom is -0.481 e. The van der Waals surface area contributed by atoms with E-state index in [0.717, 1.165) is 5.56 Å². The van der Waals surface area contributed by atoms with Crippen LogP contribution in [0.15, 0.2) is 30.3 Å². The lowest BCUT2D eigenvalue weighted by Gasteiger charge is -2.09. The van der Waals surface area contributed by atoms with Gasteiger partial charge in [-0.2, -0.15) is 4.98 Å². The Balaban J connectivity index is 2.30. The summed E-state index contributed by atoms with van der Waals surface area (Å²) in [6.07, 6.45) is 0. The van der Waals surface area contributed by atoms with Crippen LogP contribution < -0.4 is 15.2 Å². The first-order valence-corrected chi connectivity index (χ1v) is 5.34. The number of benzene rings is 1. The highest BCUT2D eigenvalue weighted by Crippen LogP contribution is 2.28. The fraction of sp³-hybridized carbons (Fsp3) is 0.154. The third kappa shape index (κ3) is 2.51. The number of hydrogen-bond acceptors (Lipinski definition) is 4. The first-order chi connectivity index (χ1) is 8.60. The molecule has 0 fully saturated rings. The summed E-state index contributed by atoms with van der Waals surface area (Å²) < 4.78 is 24.0. The fourth-order valence-electron chi connectivity index (χ4n) is 1.43. The lowest BCUT2D eigenvalue weighted by Crippen LogP contribution is -1.96. The second-order valence-electron chi connectivity index (χ2n) is 3.76. The number of hydrogen-bond donors (Lipinski definition) is 1. The Morgan fingerprint density at radius 3 is 2.67 bits per heavy atom. The molecule has 0 bridgehead atoms. The summed E-state index contributed by atoms with van der Waals surface area (Å²) >= 11 is 0. The molecule has 0 aliphatic carbocycles. The molecule has 5 heteroatoms. The quantitative estimate of drug-likeness (QED) is 0.848. The standard InChI is InChI=1S/C13H13FN2O2/c1-8-6-11(9(14)7-10(8)15)18-13-5-3-4-12(16-13)17-2/h3-7H,15H2,1-2H3. The van der Waals surface area contributed by atoms with E-state index in [1.807, 2.05) is 0 Å². The first kappa shape index (κ1) is 12.2. The maximum absolute atomic E-state index is 13.6. The minimum absolute atomic E-state index is 0.0856. The second-order valence-corrected chi connectivity index (χ2v) is 3.76. The van der Waals surface area contributed by atoms with Gasteiger partial charge in [0.25, 0.3) is 0 Å². The van der Waals surface area contributed by atoms with Gasteiger partial charge in [0.1, 0.15) is 0 Å². The van der Waals surface area contributed by atoms with Crippen molar-refractivity contribution in [1.29, 1.82) is 0 Å². The van der Waals surface area contributed by atoms with Crippen molar-refractivity contribution in [3.05, 3.63) is 41.7 Å². The van der Waals surface area contributed by atoms with Crippen molar-refractivity contribution >= 4 is 5.69 Å². The van der Waals surface area contributed by atoms with Crippen LogP contribution in [0.4, 0.5) is 10.1 Å². The van der Waals surface area contributed by atoms with Gasteiger partial charge in [0.2, 0.25) is 11.8 Å². The Labute approximate surface area is 104 Å². The lowest BCUT2D eigenvalue weighted by molar-refractivity contribution is 0.378. The Bertz CT molecular complexity index is 573. The van der Waals surface area contributed by atoms with Gasteiger partial charge in [-0.25, -0.2) is 4.39 Å². The third-order valence-corrected chi connectivity index (χ3v) is 2.44. The van der Waals surface area contributed by atoms with Crippen molar-refractivity contribution in [3.63, 3.8) is 0 Å². The summed E-state index contributed by atoms with van der Waals surface area (Å²) in [4.78, 5) is 4.04. The Kier molecular flexibility index (Phi) is 3.32. The molecule has 0 amide bonds. The molecule has 2 aromatic rings. The maximum Gasteiger partial charge on any atom is 0.222 e. The van der Waals surface area contributed by atoms with Gasteiger partial charge in [-0.1, -0.05) is 6.07 Å². The number of aryl methyl sites for hydroxylation is 1. The van der Waals surface area contributed by atoms with E-state index in [-0.39, 0.29) is 11.6 Å². The molecular formula is C13H13FN2O2. The molecule has 0 saturated heterocycles. The molecule has 94 valence electrons. The predicted octanol–water partition coefficient (Wildman–Crippen LogP) is 2.91. The Morgan fingerprint density at radius 2 is 1.94 bits per heavy atom. The zero-order valence-electron chi connectivity index (χ0n) is 10.1. The van der Waals surface area contributed by atoms with Crippen LogP contribution in [0.25, 0.3) is 0 Å². The minimum atomic E-state index is -0.525. The van der Waals surface area contributed by atoms with E-state index < -0.39 is 5.82 Å². The number of ether oxygens (including phenoxy) is 2. The van der Waals surface area contributed by atoms with Crippen molar-refractivity contribution in [3.8, 4) is 17.5 Å². The number of nitrogen functional groups attached to an aromatic ring is 1. The van der Waals surface area contributed by atoms with Gasteiger partial charge in [0.15, 0.2) is 11.6 Å². The number of anilines is 1. The summed E-state index contributed by atoms with van der Waals surface area (Å²) in [5.74, 6) is 0.225. The predicted molar refractivity (Wildman–Crippen MR) is 66.4 cm³/mol. The highest BCUT2D eigenvalue weighted by molar-refractivity contribution is 5.51. The average molecular weight is 248 g/mol. The van der Waals surface area contributed by atoms with Crippen LogP contribution in [0.1, 0.15) is 5.56 Å². The summed E-state index contributed by atoms with van der Waals surface area (Å²) in [6, 6.07) is 7.77. The zero-order chi connectivity index (χ0) is 13.1. The molecule has 1 aromatic heterocycles. The molecule has 1 aromatic carbocycles. The number of pyridine rings is 1. The van der Waals surface area contributed by atoms with Crippen molar-refractivity contribution < 1.29 is 13.9 Å². The van der Waals surface area contributed by atoms with E-state index in [1.54, 1.807) is 25.1 Å². The Hall–Kier alpha value is -2.30. The number of methoxy groups -OCH3 is 1. The van der Waals surface area contributed by atoms with Crippen LogP contribution in [0.3, 0.4) is 0 Å². The summed E-state index contributed by atoms with van der Waals surface area (Å²) in [5, 5.41) is 0. The van der Waals surface area contributed by atoms with E-state index in [2.05, 4.69) is 4.98 Å². The van der Waals surface area contributed by atoms with Crippen molar-refractivity contribution in [2.45, 2.75) is 6.92 Å². The van der Waals surface area contributed by atoms with Crippen LogP contribution in [0.2, 0.25) is 0 Å². The summed E-state index contributed by atoms with van der Waals surface area (Å²) in [6.45, 7) is 1.78. The molecule has 0 saturated carbocycles. The molecule has 4 nitrogen and oxygen atoms in total. The molecule has 0 atom stereocenters. The third-order valence-electron chi connectivity index (χ3n) is 2.44. The number of nitrogens with zero attached hydrogens (tertiary/aromatic N) is 1. The SMILES string of the molecule is COc1cccc(Oc2cc(C)c(N)cc2F)n1. The van der Waals surface area contributed by atoms with Gasteiger partial charge in [-0.05, 0) is 18.6 Å². The van der Waals surface area contributed by atoms with Crippen LogP contribution in [-0.2, 0) is 0 Å². The highest BCUT2D eigenvalue weighted by Gasteiger charge is 2.09. The van der Waals surface area contributed by atoms with Crippen LogP contribution in [-0.4, -0.2) is 12.1 Å². The number of aromatic nitrogens is 1.